The highest BCUT2D eigenvalue weighted by Crippen LogP contribution is 2.17. The van der Waals surface area contributed by atoms with Crippen LogP contribution in [0.15, 0.2) is 42.5 Å². The second-order valence-electron chi connectivity index (χ2n) is 4.55. The van der Waals surface area contributed by atoms with Crippen LogP contribution in [-0.2, 0) is 13.0 Å². The number of hydrogen-bond acceptors (Lipinski definition) is 1. The Labute approximate surface area is 118 Å². The minimum absolute atomic E-state index is 0.164. The minimum Gasteiger partial charge on any atom is -0.381 e. The van der Waals surface area contributed by atoms with Gasteiger partial charge < -0.3 is 5.32 Å². The number of benzene rings is 2. The summed E-state index contributed by atoms with van der Waals surface area (Å²) in [5.41, 5.74) is 3.36. The van der Waals surface area contributed by atoms with Gasteiger partial charge in [0.1, 0.15) is 5.82 Å². The van der Waals surface area contributed by atoms with E-state index in [0.717, 1.165) is 24.1 Å². The second kappa shape index (κ2) is 6.58. The van der Waals surface area contributed by atoms with Crippen LogP contribution in [0, 0.1) is 5.82 Å². The van der Waals surface area contributed by atoms with Crippen molar-refractivity contribution in [3.63, 3.8) is 0 Å². The third kappa shape index (κ3) is 3.97. The minimum atomic E-state index is -0.380. The Morgan fingerprint density at radius 3 is 2.37 bits per heavy atom. The maximum absolute atomic E-state index is 13.0. The van der Waals surface area contributed by atoms with E-state index in [1.165, 1.54) is 11.6 Å². The fourth-order valence-electron chi connectivity index (χ4n) is 1.93. The summed E-state index contributed by atoms with van der Waals surface area (Å²) in [4.78, 5) is 0. The highest BCUT2D eigenvalue weighted by atomic mass is 35.5. The van der Waals surface area contributed by atoms with Gasteiger partial charge in [0.15, 0.2) is 0 Å². The predicted octanol–water partition coefficient (Wildman–Crippen LogP) is 5.04. The van der Waals surface area contributed by atoms with Gasteiger partial charge in [0.05, 0.1) is 5.02 Å². The molecule has 0 bridgehead atoms. The normalized spacial score (nSPS) is 10.5. The van der Waals surface area contributed by atoms with Crippen LogP contribution in [0.5, 0.6) is 0 Å². The molecule has 0 radical (unpaired) electrons. The number of halogens is 2. The lowest BCUT2D eigenvalue weighted by atomic mass is 10.1. The second-order valence-corrected chi connectivity index (χ2v) is 4.96. The smallest absolute Gasteiger partial charge is 0.141 e. The first kappa shape index (κ1) is 13.9. The van der Waals surface area contributed by atoms with E-state index in [1.807, 2.05) is 0 Å². The molecule has 19 heavy (non-hydrogen) atoms. The summed E-state index contributed by atoms with van der Waals surface area (Å²) in [6.45, 7) is 2.80. The van der Waals surface area contributed by atoms with Crippen molar-refractivity contribution in [2.75, 3.05) is 5.32 Å². The largest absolute Gasteiger partial charge is 0.381 e. The van der Waals surface area contributed by atoms with Gasteiger partial charge >= 0.3 is 0 Å². The zero-order valence-electron chi connectivity index (χ0n) is 10.9. The van der Waals surface area contributed by atoms with Gasteiger partial charge in [0.2, 0.25) is 0 Å². The fourth-order valence-corrected chi connectivity index (χ4v) is 2.13. The molecule has 0 saturated carbocycles. The van der Waals surface area contributed by atoms with Crippen molar-refractivity contribution in [2.24, 2.45) is 0 Å². The molecule has 2 aromatic carbocycles. The maximum atomic E-state index is 13.0. The average Bonchev–Trinajstić information content (AvgIpc) is 2.42. The lowest BCUT2D eigenvalue weighted by molar-refractivity contribution is 0.627. The van der Waals surface area contributed by atoms with E-state index in [-0.39, 0.29) is 10.8 Å². The van der Waals surface area contributed by atoms with E-state index in [4.69, 9.17) is 11.6 Å². The van der Waals surface area contributed by atoms with Gasteiger partial charge in [-0.1, -0.05) is 43.1 Å². The number of hydrogen-bond donors (Lipinski definition) is 1. The molecule has 0 aliphatic heterocycles. The maximum Gasteiger partial charge on any atom is 0.141 e. The molecule has 0 heterocycles. The Morgan fingerprint density at radius 2 is 1.74 bits per heavy atom. The third-order valence-electron chi connectivity index (χ3n) is 2.97. The molecule has 0 aliphatic rings. The highest BCUT2D eigenvalue weighted by Gasteiger charge is 2.01. The molecule has 0 unspecified atom stereocenters. The molecule has 0 saturated heterocycles. The lowest BCUT2D eigenvalue weighted by Crippen LogP contribution is -1.99. The van der Waals surface area contributed by atoms with Gasteiger partial charge in [-0.05, 0) is 41.8 Å². The number of anilines is 1. The van der Waals surface area contributed by atoms with Crippen molar-refractivity contribution in [1.82, 2.24) is 0 Å². The third-order valence-corrected chi connectivity index (χ3v) is 3.26. The summed E-state index contributed by atoms with van der Waals surface area (Å²) in [7, 11) is 0. The molecule has 2 rings (SSSR count). The number of rotatable bonds is 5. The summed E-state index contributed by atoms with van der Waals surface area (Å²) >= 11 is 5.75. The quantitative estimate of drug-likeness (QED) is 0.807. The van der Waals surface area contributed by atoms with Crippen molar-refractivity contribution >= 4 is 17.3 Å². The Morgan fingerprint density at radius 1 is 1.05 bits per heavy atom. The summed E-state index contributed by atoms with van der Waals surface area (Å²) < 4.78 is 13.0. The van der Waals surface area contributed by atoms with Crippen LogP contribution in [0.4, 0.5) is 10.1 Å². The van der Waals surface area contributed by atoms with Gasteiger partial charge in [0, 0.05) is 12.2 Å². The fraction of sp³-hybridized carbons (Fsp3) is 0.250. The van der Waals surface area contributed by atoms with E-state index in [9.17, 15) is 4.39 Å². The van der Waals surface area contributed by atoms with E-state index in [2.05, 4.69) is 36.5 Å². The van der Waals surface area contributed by atoms with E-state index in [0.29, 0.717) is 6.54 Å². The molecule has 0 amide bonds. The molecule has 0 spiro atoms. The van der Waals surface area contributed by atoms with E-state index in [1.54, 1.807) is 12.1 Å². The van der Waals surface area contributed by atoms with Crippen molar-refractivity contribution in [3.05, 3.63) is 64.4 Å². The summed E-state index contributed by atoms with van der Waals surface area (Å²) in [5, 5.41) is 3.46. The van der Waals surface area contributed by atoms with Crippen LogP contribution in [-0.4, -0.2) is 0 Å². The van der Waals surface area contributed by atoms with Crippen LogP contribution >= 0.6 is 11.6 Å². The van der Waals surface area contributed by atoms with E-state index >= 15 is 0 Å². The van der Waals surface area contributed by atoms with Gasteiger partial charge in [-0.25, -0.2) is 4.39 Å². The summed E-state index contributed by atoms with van der Waals surface area (Å²) in [5.74, 6) is -0.380. The lowest BCUT2D eigenvalue weighted by Gasteiger charge is -2.08. The van der Waals surface area contributed by atoms with Crippen LogP contribution in [0.3, 0.4) is 0 Å². The number of aryl methyl sites for hydroxylation is 1. The van der Waals surface area contributed by atoms with Crippen molar-refractivity contribution in [3.8, 4) is 0 Å². The van der Waals surface area contributed by atoms with Crippen molar-refractivity contribution in [2.45, 2.75) is 26.3 Å². The first-order valence-corrected chi connectivity index (χ1v) is 6.83. The molecule has 0 aromatic heterocycles. The zero-order chi connectivity index (χ0) is 13.7. The molecule has 3 heteroatoms. The molecule has 100 valence electrons. The zero-order valence-corrected chi connectivity index (χ0v) is 11.7. The van der Waals surface area contributed by atoms with Gasteiger partial charge in [-0.2, -0.15) is 0 Å². The molecule has 1 N–H and O–H groups in total. The van der Waals surface area contributed by atoms with Gasteiger partial charge in [-0.3, -0.25) is 0 Å². The monoisotopic (exact) mass is 277 g/mol. The Balaban J connectivity index is 1.96. The molecule has 0 fully saturated rings. The van der Waals surface area contributed by atoms with E-state index < -0.39 is 0 Å². The SMILES string of the molecule is CCCc1ccc(NCc2ccc(F)c(Cl)c2)cc1. The Kier molecular flexibility index (Phi) is 4.80. The highest BCUT2D eigenvalue weighted by molar-refractivity contribution is 6.30. The standard InChI is InChI=1S/C16H17ClFN/c1-2-3-12-4-7-14(8-5-12)19-11-13-6-9-16(18)15(17)10-13/h4-10,19H,2-3,11H2,1H3. The van der Waals surface area contributed by atoms with Gasteiger partial charge in [0.25, 0.3) is 0 Å². The van der Waals surface area contributed by atoms with Crippen molar-refractivity contribution in [1.29, 1.82) is 0 Å². The Bertz CT molecular complexity index is 537. The topological polar surface area (TPSA) is 12.0 Å². The molecular formula is C16H17ClFN. The molecule has 0 aliphatic carbocycles. The Hall–Kier alpha value is -1.54. The first-order valence-electron chi connectivity index (χ1n) is 6.46. The number of nitrogens with one attached hydrogen (secondary N) is 1. The predicted molar refractivity (Wildman–Crippen MR) is 79.2 cm³/mol. The molecule has 1 nitrogen and oxygen atoms in total. The first-order chi connectivity index (χ1) is 9.19. The molecular weight excluding hydrogens is 261 g/mol. The van der Waals surface area contributed by atoms with Crippen LogP contribution in [0.1, 0.15) is 24.5 Å². The van der Waals surface area contributed by atoms with Gasteiger partial charge in [-0.15, -0.1) is 0 Å². The summed E-state index contributed by atoms with van der Waals surface area (Å²) in [6, 6.07) is 13.2. The molecule has 0 atom stereocenters. The van der Waals surface area contributed by atoms with Crippen LogP contribution in [0.2, 0.25) is 5.02 Å². The summed E-state index contributed by atoms with van der Waals surface area (Å²) in [6.07, 6.45) is 2.26. The van der Waals surface area contributed by atoms with Crippen LogP contribution < -0.4 is 5.32 Å². The van der Waals surface area contributed by atoms with Crippen LogP contribution in [0.25, 0.3) is 0 Å². The average molecular weight is 278 g/mol. The molecule has 2 aromatic rings. The van der Waals surface area contributed by atoms with Crippen molar-refractivity contribution < 1.29 is 4.39 Å².